The summed E-state index contributed by atoms with van der Waals surface area (Å²) in [6, 6.07) is 20.6. The van der Waals surface area contributed by atoms with Gasteiger partial charge in [0.25, 0.3) is 0 Å². The fourth-order valence-corrected chi connectivity index (χ4v) is 4.43. The molecule has 0 saturated heterocycles. The van der Waals surface area contributed by atoms with Gasteiger partial charge in [-0.2, -0.15) is 4.98 Å². The van der Waals surface area contributed by atoms with E-state index in [0.717, 1.165) is 47.6 Å². The molecule has 2 aliphatic carbocycles. The zero-order valence-electron chi connectivity index (χ0n) is 18.3. The Morgan fingerprint density at radius 3 is 2.34 bits per heavy atom. The van der Waals surface area contributed by atoms with Gasteiger partial charge >= 0.3 is 5.97 Å². The van der Waals surface area contributed by atoms with Crippen LogP contribution in [0.2, 0.25) is 0 Å². The minimum atomic E-state index is -0.489. The highest BCUT2D eigenvalue weighted by molar-refractivity contribution is 5.84. The van der Waals surface area contributed by atoms with Crippen molar-refractivity contribution in [2.75, 3.05) is 17.7 Å². The number of benzene rings is 2. The normalized spacial score (nSPS) is 17.0. The standard InChI is InChI=1S/C26H28N4O2/c1-32-24(31)26(15-6-16-26)19-11-13-21(14-12-19)28-25-29-22(18-7-3-2-4-8-18)17-23(30-25)27-20-9-5-10-20/h2-4,7-8,11-14,17,20H,5-6,9-10,15-16H2,1H3,(H2,27,28,29,30). The minimum absolute atomic E-state index is 0.143. The number of nitrogens with zero attached hydrogens (tertiary/aromatic N) is 2. The molecule has 2 aromatic carbocycles. The first kappa shape index (κ1) is 20.5. The fraction of sp³-hybridized carbons (Fsp3) is 0.346. The number of anilines is 3. The van der Waals surface area contributed by atoms with Gasteiger partial charge in [0.2, 0.25) is 5.95 Å². The zero-order valence-corrected chi connectivity index (χ0v) is 18.3. The molecule has 2 saturated carbocycles. The van der Waals surface area contributed by atoms with Crippen molar-refractivity contribution in [1.82, 2.24) is 9.97 Å². The van der Waals surface area contributed by atoms with Crippen molar-refractivity contribution in [2.24, 2.45) is 0 Å². The quantitative estimate of drug-likeness (QED) is 0.488. The SMILES string of the molecule is COC(=O)C1(c2ccc(Nc3nc(NC4CCC4)cc(-c4ccccc4)n3)cc2)CCC1. The summed E-state index contributed by atoms with van der Waals surface area (Å²) in [5.41, 5.74) is 3.33. The van der Waals surface area contributed by atoms with E-state index in [9.17, 15) is 4.79 Å². The molecule has 0 aliphatic heterocycles. The molecule has 32 heavy (non-hydrogen) atoms. The van der Waals surface area contributed by atoms with Gasteiger partial charge in [-0.25, -0.2) is 4.98 Å². The largest absolute Gasteiger partial charge is 0.468 e. The molecule has 0 radical (unpaired) electrons. The van der Waals surface area contributed by atoms with E-state index < -0.39 is 5.41 Å². The number of carbonyl (C=O) groups excluding carboxylic acids is 1. The minimum Gasteiger partial charge on any atom is -0.468 e. The van der Waals surface area contributed by atoms with Crippen LogP contribution in [-0.4, -0.2) is 29.1 Å². The van der Waals surface area contributed by atoms with Gasteiger partial charge in [0.15, 0.2) is 0 Å². The Balaban J connectivity index is 1.40. The first-order valence-electron chi connectivity index (χ1n) is 11.3. The molecule has 6 nitrogen and oxygen atoms in total. The van der Waals surface area contributed by atoms with Crippen LogP contribution >= 0.6 is 0 Å². The van der Waals surface area contributed by atoms with Crippen LogP contribution in [-0.2, 0) is 14.9 Å². The number of carbonyl (C=O) groups is 1. The van der Waals surface area contributed by atoms with Crippen LogP contribution in [0.3, 0.4) is 0 Å². The van der Waals surface area contributed by atoms with E-state index in [-0.39, 0.29) is 5.97 Å². The van der Waals surface area contributed by atoms with Crippen LogP contribution in [0.5, 0.6) is 0 Å². The number of rotatable bonds is 7. The van der Waals surface area contributed by atoms with Crippen molar-refractivity contribution in [1.29, 1.82) is 0 Å². The molecule has 5 rings (SSSR count). The molecule has 2 N–H and O–H groups in total. The predicted octanol–water partition coefficient (Wildman–Crippen LogP) is 5.45. The maximum Gasteiger partial charge on any atom is 0.316 e. The van der Waals surface area contributed by atoms with Gasteiger partial charge in [-0.05, 0) is 49.8 Å². The highest BCUT2D eigenvalue weighted by Crippen LogP contribution is 2.45. The van der Waals surface area contributed by atoms with Crippen LogP contribution in [0.1, 0.15) is 44.1 Å². The molecule has 0 spiro atoms. The van der Waals surface area contributed by atoms with Gasteiger partial charge < -0.3 is 15.4 Å². The second-order valence-electron chi connectivity index (χ2n) is 8.73. The van der Waals surface area contributed by atoms with Crippen molar-refractivity contribution in [3.63, 3.8) is 0 Å². The van der Waals surface area contributed by atoms with Crippen molar-refractivity contribution < 1.29 is 9.53 Å². The van der Waals surface area contributed by atoms with Gasteiger partial charge in [0, 0.05) is 23.4 Å². The van der Waals surface area contributed by atoms with E-state index in [1.54, 1.807) is 0 Å². The van der Waals surface area contributed by atoms with Crippen LogP contribution in [0, 0.1) is 0 Å². The molecule has 2 fully saturated rings. The number of hydrogen-bond donors (Lipinski definition) is 2. The van der Waals surface area contributed by atoms with Crippen molar-refractivity contribution in [2.45, 2.75) is 50.0 Å². The van der Waals surface area contributed by atoms with Crippen LogP contribution in [0.4, 0.5) is 17.5 Å². The topological polar surface area (TPSA) is 76.1 Å². The second kappa shape index (κ2) is 8.61. The van der Waals surface area contributed by atoms with E-state index in [1.807, 2.05) is 48.5 Å². The molecule has 1 heterocycles. The van der Waals surface area contributed by atoms with Crippen molar-refractivity contribution in [3.05, 3.63) is 66.2 Å². The van der Waals surface area contributed by atoms with Crippen molar-refractivity contribution >= 4 is 23.4 Å². The summed E-state index contributed by atoms with van der Waals surface area (Å²) < 4.78 is 5.07. The zero-order chi connectivity index (χ0) is 22.0. The number of nitrogens with one attached hydrogen (secondary N) is 2. The average molecular weight is 429 g/mol. The van der Waals surface area contributed by atoms with Crippen LogP contribution < -0.4 is 10.6 Å². The Bertz CT molecular complexity index is 1090. The molecule has 0 amide bonds. The summed E-state index contributed by atoms with van der Waals surface area (Å²) >= 11 is 0. The smallest absolute Gasteiger partial charge is 0.316 e. The lowest BCUT2D eigenvalue weighted by molar-refractivity contribution is -0.151. The summed E-state index contributed by atoms with van der Waals surface area (Å²) in [7, 11) is 1.46. The molecule has 3 aromatic rings. The lowest BCUT2D eigenvalue weighted by atomic mass is 9.64. The van der Waals surface area contributed by atoms with Crippen LogP contribution in [0.15, 0.2) is 60.7 Å². The van der Waals surface area contributed by atoms with Gasteiger partial charge in [-0.1, -0.05) is 48.9 Å². The molecule has 164 valence electrons. The van der Waals surface area contributed by atoms with Gasteiger partial charge in [-0.15, -0.1) is 0 Å². The number of ether oxygens (including phenoxy) is 1. The molecule has 1 aromatic heterocycles. The summed E-state index contributed by atoms with van der Waals surface area (Å²) in [4.78, 5) is 21.8. The molecule has 0 bridgehead atoms. The molecular formula is C26H28N4O2. The molecule has 0 atom stereocenters. The fourth-order valence-electron chi connectivity index (χ4n) is 4.43. The average Bonchev–Trinajstić information content (AvgIpc) is 2.77. The van der Waals surface area contributed by atoms with Gasteiger partial charge in [0.05, 0.1) is 18.2 Å². The van der Waals surface area contributed by atoms with E-state index in [1.165, 1.54) is 26.4 Å². The molecule has 0 unspecified atom stereocenters. The summed E-state index contributed by atoms with van der Waals surface area (Å²) in [5, 5.41) is 6.88. The van der Waals surface area contributed by atoms with E-state index >= 15 is 0 Å². The molecular weight excluding hydrogens is 400 g/mol. The Morgan fingerprint density at radius 1 is 1.00 bits per heavy atom. The summed E-state index contributed by atoms with van der Waals surface area (Å²) in [5.74, 6) is 1.24. The lowest BCUT2D eigenvalue weighted by Crippen LogP contribution is -2.43. The summed E-state index contributed by atoms with van der Waals surface area (Å²) in [6.07, 6.45) is 6.34. The third-order valence-electron chi connectivity index (χ3n) is 6.73. The van der Waals surface area contributed by atoms with Crippen LogP contribution in [0.25, 0.3) is 11.3 Å². The number of hydrogen-bond acceptors (Lipinski definition) is 6. The Hall–Kier alpha value is -3.41. The van der Waals surface area contributed by atoms with Gasteiger partial charge in [0.1, 0.15) is 5.82 Å². The first-order valence-corrected chi connectivity index (χ1v) is 11.3. The summed E-state index contributed by atoms with van der Waals surface area (Å²) in [6.45, 7) is 0. The molecule has 2 aliphatic rings. The first-order chi connectivity index (χ1) is 15.7. The lowest BCUT2D eigenvalue weighted by Gasteiger charge is -2.39. The van der Waals surface area contributed by atoms with Crippen molar-refractivity contribution in [3.8, 4) is 11.3 Å². The Labute approximate surface area is 188 Å². The second-order valence-corrected chi connectivity index (χ2v) is 8.73. The monoisotopic (exact) mass is 428 g/mol. The van der Waals surface area contributed by atoms with E-state index in [4.69, 9.17) is 14.7 Å². The third-order valence-corrected chi connectivity index (χ3v) is 6.73. The number of esters is 1. The predicted molar refractivity (Wildman–Crippen MR) is 126 cm³/mol. The van der Waals surface area contributed by atoms with Gasteiger partial charge in [-0.3, -0.25) is 4.79 Å². The van der Waals surface area contributed by atoms with E-state index in [2.05, 4.69) is 22.8 Å². The Kier molecular flexibility index (Phi) is 5.52. The third kappa shape index (κ3) is 3.93. The Morgan fingerprint density at radius 2 is 1.75 bits per heavy atom. The maximum atomic E-state index is 12.4. The maximum absolute atomic E-state index is 12.4. The van der Waals surface area contributed by atoms with E-state index in [0.29, 0.717) is 12.0 Å². The highest BCUT2D eigenvalue weighted by Gasteiger charge is 2.46. The molecule has 6 heteroatoms. The number of aromatic nitrogens is 2. The number of methoxy groups -OCH3 is 1. The highest BCUT2D eigenvalue weighted by atomic mass is 16.5.